The van der Waals surface area contributed by atoms with Crippen molar-refractivity contribution >= 4 is 17.3 Å². The molecular formula is C13H18N4O3. The predicted molar refractivity (Wildman–Crippen MR) is 75.2 cm³/mol. The molecule has 0 atom stereocenters. The van der Waals surface area contributed by atoms with Gasteiger partial charge in [0.2, 0.25) is 0 Å². The van der Waals surface area contributed by atoms with Crippen LogP contribution >= 0.6 is 0 Å². The number of anilines is 1. The summed E-state index contributed by atoms with van der Waals surface area (Å²) in [5, 5.41) is 13.7. The van der Waals surface area contributed by atoms with Crippen molar-refractivity contribution in [2.75, 3.05) is 5.73 Å². The minimum absolute atomic E-state index is 0.0564. The molecule has 0 spiro atoms. The summed E-state index contributed by atoms with van der Waals surface area (Å²) in [6.45, 7) is 0. The minimum Gasteiger partial charge on any atom is -0.393 e. The predicted octanol–water partition coefficient (Wildman–Crippen LogP) is 1.18. The Labute approximate surface area is 116 Å². The highest BCUT2D eigenvalue weighted by atomic mass is 16.6. The standard InChI is InChI=1S/C13H18N4O3/c14-8-4-6-9(7-5-8)16-13(18)10-2-1-3-11(12(10)15)17(19)20/h1-3,8-9H,4-7,14-15H2,(H,16,18). The SMILES string of the molecule is Nc1c(C(=O)NC2CCC(N)CC2)cccc1[N+](=O)[O-]. The summed E-state index contributed by atoms with van der Waals surface area (Å²) in [6, 6.07) is 4.49. The molecule has 1 aromatic carbocycles. The molecule has 0 unspecified atom stereocenters. The molecule has 5 N–H and O–H groups in total. The monoisotopic (exact) mass is 278 g/mol. The molecule has 7 nitrogen and oxygen atoms in total. The number of hydrogen-bond acceptors (Lipinski definition) is 5. The second-order valence-corrected chi connectivity index (χ2v) is 5.08. The van der Waals surface area contributed by atoms with Crippen molar-refractivity contribution < 1.29 is 9.72 Å². The van der Waals surface area contributed by atoms with Crippen molar-refractivity contribution in [1.82, 2.24) is 5.32 Å². The molecule has 1 saturated carbocycles. The molecule has 1 aliphatic rings. The van der Waals surface area contributed by atoms with Gasteiger partial charge in [-0.1, -0.05) is 6.07 Å². The number of nitrogens with two attached hydrogens (primary N) is 2. The van der Waals surface area contributed by atoms with Gasteiger partial charge in [0, 0.05) is 18.2 Å². The largest absolute Gasteiger partial charge is 0.393 e. The summed E-state index contributed by atoms with van der Waals surface area (Å²) in [4.78, 5) is 22.4. The van der Waals surface area contributed by atoms with Gasteiger partial charge in [-0.2, -0.15) is 0 Å². The Morgan fingerprint density at radius 1 is 1.30 bits per heavy atom. The zero-order valence-corrected chi connectivity index (χ0v) is 11.0. The molecule has 108 valence electrons. The zero-order valence-electron chi connectivity index (χ0n) is 11.0. The molecule has 20 heavy (non-hydrogen) atoms. The van der Waals surface area contributed by atoms with Gasteiger partial charge in [-0.15, -0.1) is 0 Å². The molecule has 0 bridgehead atoms. The first-order valence-corrected chi connectivity index (χ1v) is 6.58. The lowest BCUT2D eigenvalue weighted by Crippen LogP contribution is -2.40. The van der Waals surface area contributed by atoms with Crippen molar-refractivity contribution in [3.63, 3.8) is 0 Å². The molecule has 0 radical (unpaired) electrons. The van der Waals surface area contributed by atoms with Crippen molar-refractivity contribution in [3.8, 4) is 0 Å². The number of carbonyl (C=O) groups excluding carboxylic acids is 1. The normalized spacial score (nSPS) is 22.2. The highest BCUT2D eigenvalue weighted by Crippen LogP contribution is 2.25. The van der Waals surface area contributed by atoms with Gasteiger partial charge in [0.05, 0.1) is 10.5 Å². The highest BCUT2D eigenvalue weighted by molar-refractivity contribution is 6.01. The molecule has 7 heteroatoms. The molecule has 0 saturated heterocycles. The Morgan fingerprint density at radius 3 is 2.55 bits per heavy atom. The van der Waals surface area contributed by atoms with Gasteiger partial charge >= 0.3 is 0 Å². The number of para-hydroxylation sites is 1. The van der Waals surface area contributed by atoms with E-state index >= 15 is 0 Å². The van der Waals surface area contributed by atoms with E-state index < -0.39 is 4.92 Å². The van der Waals surface area contributed by atoms with Crippen LogP contribution < -0.4 is 16.8 Å². The van der Waals surface area contributed by atoms with Crippen LogP contribution in [0.2, 0.25) is 0 Å². The van der Waals surface area contributed by atoms with Crippen LogP contribution in [-0.4, -0.2) is 22.9 Å². The van der Waals surface area contributed by atoms with Crippen LogP contribution in [0, 0.1) is 10.1 Å². The van der Waals surface area contributed by atoms with Crippen LogP contribution in [0.15, 0.2) is 18.2 Å². The maximum absolute atomic E-state index is 12.1. The number of nitro groups is 1. The fourth-order valence-electron chi connectivity index (χ4n) is 2.44. The van der Waals surface area contributed by atoms with Gasteiger partial charge in [-0.25, -0.2) is 0 Å². The summed E-state index contributed by atoms with van der Waals surface area (Å²) in [5.41, 5.74) is 11.3. The molecule has 0 aromatic heterocycles. The summed E-state index contributed by atoms with van der Waals surface area (Å²) >= 11 is 0. The van der Waals surface area contributed by atoms with Crippen molar-refractivity contribution in [2.45, 2.75) is 37.8 Å². The number of nitro benzene ring substituents is 1. The maximum atomic E-state index is 12.1. The first-order chi connectivity index (χ1) is 9.49. The Kier molecular flexibility index (Phi) is 4.19. The molecule has 1 amide bonds. The van der Waals surface area contributed by atoms with Crippen LogP contribution in [0.1, 0.15) is 36.0 Å². The van der Waals surface area contributed by atoms with E-state index in [1.165, 1.54) is 18.2 Å². The lowest BCUT2D eigenvalue weighted by Gasteiger charge is -2.26. The third kappa shape index (κ3) is 3.05. The van der Waals surface area contributed by atoms with Crippen LogP contribution in [0.3, 0.4) is 0 Å². The fraction of sp³-hybridized carbons (Fsp3) is 0.462. The molecule has 1 fully saturated rings. The van der Waals surface area contributed by atoms with E-state index in [4.69, 9.17) is 11.5 Å². The second-order valence-electron chi connectivity index (χ2n) is 5.08. The van der Waals surface area contributed by atoms with Gasteiger partial charge in [0.15, 0.2) is 0 Å². The van der Waals surface area contributed by atoms with E-state index in [1.54, 1.807) is 0 Å². The van der Waals surface area contributed by atoms with E-state index in [-0.39, 0.29) is 34.9 Å². The summed E-state index contributed by atoms with van der Waals surface area (Å²) < 4.78 is 0. The smallest absolute Gasteiger partial charge is 0.292 e. The number of carbonyl (C=O) groups is 1. The third-order valence-electron chi connectivity index (χ3n) is 3.63. The first kappa shape index (κ1) is 14.3. The van der Waals surface area contributed by atoms with Gasteiger partial charge in [-0.05, 0) is 31.7 Å². The van der Waals surface area contributed by atoms with Crippen molar-refractivity contribution in [3.05, 3.63) is 33.9 Å². The quantitative estimate of drug-likeness (QED) is 0.435. The van der Waals surface area contributed by atoms with Gasteiger partial charge < -0.3 is 16.8 Å². The van der Waals surface area contributed by atoms with E-state index in [2.05, 4.69) is 5.32 Å². The summed E-state index contributed by atoms with van der Waals surface area (Å²) in [7, 11) is 0. The molecule has 1 aliphatic carbocycles. The topological polar surface area (TPSA) is 124 Å². The van der Waals surface area contributed by atoms with Crippen LogP contribution in [0.5, 0.6) is 0 Å². The molecule has 1 aromatic rings. The van der Waals surface area contributed by atoms with Gasteiger partial charge in [-0.3, -0.25) is 14.9 Å². The number of amides is 1. The number of benzene rings is 1. The zero-order chi connectivity index (χ0) is 14.7. The Balaban J connectivity index is 2.10. The van der Waals surface area contributed by atoms with Crippen molar-refractivity contribution in [2.24, 2.45) is 5.73 Å². The minimum atomic E-state index is -0.592. The fourth-order valence-corrected chi connectivity index (χ4v) is 2.44. The van der Waals surface area contributed by atoms with E-state index in [0.29, 0.717) is 0 Å². The highest BCUT2D eigenvalue weighted by Gasteiger charge is 2.23. The number of nitrogens with zero attached hydrogens (tertiary/aromatic N) is 1. The average Bonchev–Trinajstić information content (AvgIpc) is 2.41. The molecule has 2 rings (SSSR count). The number of hydrogen-bond donors (Lipinski definition) is 3. The van der Waals surface area contributed by atoms with Crippen LogP contribution in [0.25, 0.3) is 0 Å². The lowest BCUT2D eigenvalue weighted by atomic mass is 9.91. The maximum Gasteiger partial charge on any atom is 0.292 e. The van der Waals surface area contributed by atoms with E-state index in [1.807, 2.05) is 0 Å². The molecular weight excluding hydrogens is 260 g/mol. The lowest BCUT2D eigenvalue weighted by molar-refractivity contribution is -0.383. The third-order valence-corrected chi connectivity index (χ3v) is 3.63. The van der Waals surface area contributed by atoms with Gasteiger partial charge in [0.1, 0.15) is 5.69 Å². The molecule has 0 heterocycles. The number of nitrogens with one attached hydrogen (secondary N) is 1. The number of nitrogen functional groups attached to an aromatic ring is 1. The first-order valence-electron chi connectivity index (χ1n) is 6.58. The summed E-state index contributed by atoms with van der Waals surface area (Å²) in [5.74, 6) is -0.369. The van der Waals surface area contributed by atoms with E-state index in [0.717, 1.165) is 25.7 Å². The number of rotatable bonds is 3. The van der Waals surface area contributed by atoms with E-state index in [9.17, 15) is 14.9 Å². The van der Waals surface area contributed by atoms with Crippen molar-refractivity contribution in [1.29, 1.82) is 0 Å². The van der Waals surface area contributed by atoms with Crippen LogP contribution in [0.4, 0.5) is 11.4 Å². The average molecular weight is 278 g/mol. The second kappa shape index (κ2) is 5.87. The Hall–Kier alpha value is -2.15. The summed E-state index contributed by atoms with van der Waals surface area (Å²) in [6.07, 6.45) is 3.38. The molecule has 0 aliphatic heterocycles. The van der Waals surface area contributed by atoms with Gasteiger partial charge in [0.25, 0.3) is 11.6 Å². The van der Waals surface area contributed by atoms with Crippen LogP contribution in [-0.2, 0) is 0 Å². The Bertz CT molecular complexity index is 524. The Morgan fingerprint density at radius 2 is 1.95 bits per heavy atom.